The number of carbonyl (C=O) groups excluding carboxylic acids is 1. The van der Waals surface area contributed by atoms with Crippen molar-refractivity contribution >= 4 is 11.8 Å². The summed E-state index contributed by atoms with van der Waals surface area (Å²) in [4.78, 5) is 18.0. The molecule has 120 valence electrons. The van der Waals surface area contributed by atoms with Gasteiger partial charge in [-0.1, -0.05) is 13.0 Å². The minimum atomic E-state index is -0.662. The maximum absolute atomic E-state index is 12.2. The molecule has 2 aromatic rings. The van der Waals surface area contributed by atoms with E-state index >= 15 is 0 Å². The van der Waals surface area contributed by atoms with E-state index in [1.54, 1.807) is 6.20 Å². The van der Waals surface area contributed by atoms with Gasteiger partial charge in [0.25, 0.3) is 0 Å². The van der Waals surface area contributed by atoms with Crippen molar-refractivity contribution in [2.75, 3.05) is 11.4 Å². The predicted octanol–water partition coefficient (Wildman–Crippen LogP) is 1.86. The fraction of sp³-hybridized carbons (Fsp3) is 0.375. The minimum Gasteiger partial charge on any atom is -0.481 e. The first-order chi connectivity index (χ1) is 11.2. The van der Waals surface area contributed by atoms with E-state index in [1.165, 1.54) is 4.90 Å². The first-order valence-electron chi connectivity index (χ1n) is 7.63. The van der Waals surface area contributed by atoms with E-state index in [2.05, 4.69) is 4.98 Å². The molecule has 1 aromatic heterocycles. The number of rotatable bonds is 3. The highest BCUT2D eigenvalue weighted by molar-refractivity contribution is 5.92. The molecule has 23 heavy (non-hydrogen) atoms. The van der Waals surface area contributed by atoms with Gasteiger partial charge in [0, 0.05) is 12.4 Å². The molecule has 1 aromatic carbocycles. The number of amides is 1. The fourth-order valence-corrected chi connectivity index (χ4v) is 3.00. The number of aliphatic hydroxyl groups is 1. The molecule has 0 saturated carbocycles. The maximum Gasteiger partial charge on any atom is 0.414 e. The number of ether oxygens (including phenoxy) is 2. The van der Waals surface area contributed by atoms with E-state index < -0.39 is 18.3 Å². The Morgan fingerprint density at radius 1 is 1.43 bits per heavy atom. The van der Waals surface area contributed by atoms with Crippen molar-refractivity contribution in [3.8, 4) is 11.4 Å². The topological polar surface area (TPSA) is 76.8 Å². The zero-order valence-corrected chi connectivity index (χ0v) is 12.7. The van der Waals surface area contributed by atoms with Crippen LogP contribution in [-0.2, 0) is 11.3 Å². The summed E-state index contributed by atoms with van der Waals surface area (Å²) in [5.41, 5.74) is 1.49. The Bertz CT molecular complexity index is 758. The molecule has 7 nitrogen and oxygen atoms in total. The average Bonchev–Trinajstić information content (AvgIpc) is 3.20. The Kier molecular flexibility index (Phi) is 3.23. The SMILES string of the molecule is CCC(O)[C@H]1CN(c2cccc3c2OCc2nccn2-3)C(=O)O1. The van der Waals surface area contributed by atoms with Crippen LogP contribution in [0.5, 0.6) is 5.75 Å². The zero-order valence-electron chi connectivity index (χ0n) is 12.7. The Balaban J connectivity index is 1.72. The van der Waals surface area contributed by atoms with Crippen molar-refractivity contribution in [3.05, 3.63) is 36.4 Å². The van der Waals surface area contributed by atoms with E-state index in [0.717, 1.165) is 11.5 Å². The molecular weight excluding hydrogens is 298 g/mol. The lowest BCUT2D eigenvalue weighted by Crippen LogP contribution is -2.31. The summed E-state index contributed by atoms with van der Waals surface area (Å²) < 4.78 is 13.1. The third-order valence-corrected chi connectivity index (χ3v) is 4.27. The van der Waals surface area contributed by atoms with Crippen molar-refractivity contribution in [1.29, 1.82) is 0 Å². The van der Waals surface area contributed by atoms with Crippen LogP contribution in [-0.4, -0.2) is 39.5 Å². The molecule has 1 saturated heterocycles. The minimum absolute atomic E-state index is 0.310. The lowest BCUT2D eigenvalue weighted by Gasteiger charge is -2.24. The van der Waals surface area contributed by atoms with Gasteiger partial charge in [-0.3, -0.25) is 9.47 Å². The molecule has 1 N–H and O–H groups in total. The lowest BCUT2D eigenvalue weighted by molar-refractivity contribution is 0.0308. The third-order valence-electron chi connectivity index (χ3n) is 4.27. The number of fused-ring (bicyclic) bond motifs is 3. The number of aliphatic hydroxyl groups excluding tert-OH is 1. The monoisotopic (exact) mass is 315 g/mol. The van der Waals surface area contributed by atoms with Gasteiger partial charge in [0.2, 0.25) is 0 Å². The van der Waals surface area contributed by atoms with Gasteiger partial charge in [0.15, 0.2) is 11.6 Å². The van der Waals surface area contributed by atoms with Gasteiger partial charge < -0.3 is 14.6 Å². The summed E-state index contributed by atoms with van der Waals surface area (Å²) in [6.07, 6.45) is 2.48. The van der Waals surface area contributed by atoms with Crippen LogP contribution >= 0.6 is 0 Å². The van der Waals surface area contributed by atoms with Crippen LogP contribution in [0, 0.1) is 0 Å². The van der Waals surface area contributed by atoms with Crippen LogP contribution in [0.2, 0.25) is 0 Å². The second kappa shape index (κ2) is 5.27. The van der Waals surface area contributed by atoms with Crippen molar-refractivity contribution in [1.82, 2.24) is 9.55 Å². The van der Waals surface area contributed by atoms with Gasteiger partial charge >= 0.3 is 6.09 Å². The van der Waals surface area contributed by atoms with Gasteiger partial charge in [0.1, 0.15) is 12.7 Å². The zero-order chi connectivity index (χ0) is 16.0. The number of cyclic esters (lactones) is 1. The summed E-state index contributed by atoms with van der Waals surface area (Å²) in [6.45, 7) is 2.51. The van der Waals surface area contributed by atoms with Gasteiger partial charge in [-0.15, -0.1) is 0 Å². The normalized spacial score (nSPS) is 20.5. The molecule has 0 aliphatic carbocycles. The Labute approximate surface area is 133 Å². The smallest absolute Gasteiger partial charge is 0.414 e. The van der Waals surface area contributed by atoms with Crippen LogP contribution in [0.25, 0.3) is 5.69 Å². The van der Waals surface area contributed by atoms with Crippen LogP contribution < -0.4 is 9.64 Å². The standard InChI is InChI=1S/C16H17N3O4/c1-2-12(20)13-8-19(16(21)23-13)11-5-3-4-10-15(11)22-9-14-17-6-7-18(10)14/h3-7,12-13,20H,2,8-9H2,1H3/t12?,13-/m1/s1. The van der Waals surface area contributed by atoms with Gasteiger partial charge in [-0.25, -0.2) is 9.78 Å². The van der Waals surface area contributed by atoms with Crippen molar-refractivity contribution in [2.24, 2.45) is 0 Å². The summed E-state index contributed by atoms with van der Waals surface area (Å²) in [7, 11) is 0. The van der Waals surface area contributed by atoms with Crippen molar-refractivity contribution < 1.29 is 19.4 Å². The number of benzene rings is 1. The summed E-state index contributed by atoms with van der Waals surface area (Å²) in [5, 5.41) is 9.93. The van der Waals surface area contributed by atoms with Crippen molar-refractivity contribution in [3.63, 3.8) is 0 Å². The van der Waals surface area contributed by atoms with E-state index in [0.29, 0.717) is 31.0 Å². The number of carbonyl (C=O) groups is 1. The van der Waals surface area contributed by atoms with Crippen LogP contribution in [0.1, 0.15) is 19.2 Å². The number of hydrogen-bond acceptors (Lipinski definition) is 5. The number of para-hydroxylation sites is 1. The third kappa shape index (κ3) is 2.16. The van der Waals surface area contributed by atoms with Gasteiger partial charge in [-0.05, 0) is 18.6 Å². The Morgan fingerprint density at radius 3 is 3.09 bits per heavy atom. The molecule has 0 bridgehead atoms. The second-order valence-electron chi connectivity index (χ2n) is 5.64. The van der Waals surface area contributed by atoms with Gasteiger partial charge in [-0.2, -0.15) is 0 Å². The molecule has 1 amide bonds. The van der Waals surface area contributed by atoms with Crippen LogP contribution in [0.15, 0.2) is 30.6 Å². The first-order valence-corrected chi connectivity index (χ1v) is 7.63. The molecule has 4 rings (SSSR count). The van der Waals surface area contributed by atoms with E-state index in [-0.39, 0.29) is 0 Å². The second-order valence-corrected chi connectivity index (χ2v) is 5.64. The number of nitrogens with zero attached hydrogens (tertiary/aromatic N) is 3. The lowest BCUT2D eigenvalue weighted by atomic mass is 10.1. The molecule has 1 fully saturated rings. The molecule has 2 atom stereocenters. The maximum atomic E-state index is 12.2. The number of aromatic nitrogens is 2. The Morgan fingerprint density at radius 2 is 2.26 bits per heavy atom. The Hall–Kier alpha value is -2.54. The van der Waals surface area contributed by atoms with E-state index in [1.807, 2.05) is 35.9 Å². The number of anilines is 1. The van der Waals surface area contributed by atoms with E-state index in [4.69, 9.17) is 9.47 Å². The highest BCUT2D eigenvalue weighted by Crippen LogP contribution is 2.40. The summed E-state index contributed by atoms with van der Waals surface area (Å²) in [5.74, 6) is 1.44. The molecule has 0 radical (unpaired) electrons. The number of hydrogen-bond donors (Lipinski definition) is 1. The van der Waals surface area contributed by atoms with E-state index in [9.17, 15) is 9.90 Å². The molecule has 2 aliphatic rings. The van der Waals surface area contributed by atoms with Crippen LogP contribution in [0.4, 0.5) is 10.5 Å². The average molecular weight is 315 g/mol. The summed E-state index contributed by atoms with van der Waals surface area (Å²) >= 11 is 0. The molecule has 2 aliphatic heterocycles. The first kappa shape index (κ1) is 14.1. The quantitative estimate of drug-likeness (QED) is 0.935. The molecule has 1 unspecified atom stereocenters. The number of imidazole rings is 1. The highest BCUT2D eigenvalue weighted by atomic mass is 16.6. The largest absolute Gasteiger partial charge is 0.481 e. The fourth-order valence-electron chi connectivity index (χ4n) is 3.00. The van der Waals surface area contributed by atoms with Crippen molar-refractivity contribution in [2.45, 2.75) is 32.2 Å². The van der Waals surface area contributed by atoms with Crippen LogP contribution in [0.3, 0.4) is 0 Å². The van der Waals surface area contributed by atoms with Gasteiger partial charge in [0.05, 0.1) is 24.0 Å². The molecule has 3 heterocycles. The molecular formula is C16H17N3O4. The highest BCUT2D eigenvalue weighted by Gasteiger charge is 2.38. The predicted molar refractivity (Wildman–Crippen MR) is 81.8 cm³/mol. The summed E-state index contributed by atoms with van der Waals surface area (Å²) in [6, 6.07) is 5.61. The molecule has 7 heteroatoms. The molecule has 0 spiro atoms.